The Hall–Kier alpha value is -0.790. The van der Waals surface area contributed by atoms with Crippen molar-refractivity contribution < 1.29 is 9.53 Å². The van der Waals surface area contributed by atoms with Crippen molar-refractivity contribution in [3.8, 4) is 0 Å². The molecule has 0 heterocycles. The molecule has 0 N–H and O–H groups in total. The molecule has 1 aliphatic carbocycles. The molecule has 0 bridgehead atoms. The molecule has 1 fully saturated rings. The zero-order valence-electron chi connectivity index (χ0n) is 9.76. The van der Waals surface area contributed by atoms with Gasteiger partial charge in [-0.3, -0.25) is 0 Å². The van der Waals surface area contributed by atoms with Gasteiger partial charge in [-0.1, -0.05) is 39.2 Å². The lowest BCUT2D eigenvalue weighted by Crippen LogP contribution is -2.27. The number of hydrogen-bond donors (Lipinski definition) is 0. The molecule has 0 amide bonds. The van der Waals surface area contributed by atoms with Gasteiger partial charge in [0.25, 0.3) is 0 Å². The number of ether oxygens (including phenoxy) is 1. The lowest BCUT2D eigenvalue weighted by molar-refractivity contribution is -0.141. The van der Waals surface area contributed by atoms with Crippen LogP contribution < -0.4 is 0 Å². The summed E-state index contributed by atoms with van der Waals surface area (Å²) < 4.78 is 5.22. The quantitative estimate of drug-likeness (QED) is 0.403. The standard InChI is InChI=1S/C13H22O2/c1-3-12(14)15-11-13(4-2)9-7-5-6-8-10-13/h3H,1,4-11H2,2H3. The molecule has 0 atom stereocenters. The van der Waals surface area contributed by atoms with Crippen molar-refractivity contribution in [2.45, 2.75) is 51.9 Å². The Morgan fingerprint density at radius 3 is 2.40 bits per heavy atom. The molecule has 0 radical (unpaired) electrons. The van der Waals surface area contributed by atoms with Gasteiger partial charge in [0.2, 0.25) is 0 Å². The molecular weight excluding hydrogens is 188 g/mol. The maximum absolute atomic E-state index is 11.1. The van der Waals surface area contributed by atoms with Crippen molar-refractivity contribution in [3.63, 3.8) is 0 Å². The van der Waals surface area contributed by atoms with E-state index in [4.69, 9.17) is 4.74 Å². The van der Waals surface area contributed by atoms with Gasteiger partial charge < -0.3 is 4.74 Å². The summed E-state index contributed by atoms with van der Waals surface area (Å²) in [5, 5.41) is 0. The van der Waals surface area contributed by atoms with E-state index >= 15 is 0 Å². The van der Waals surface area contributed by atoms with Crippen molar-refractivity contribution in [1.29, 1.82) is 0 Å². The van der Waals surface area contributed by atoms with Crippen LogP contribution in [0.4, 0.5) is 0 Å². The third kappa shape index (κ3) is 3.69. The van der Waals surface area contributed by atoms with Crippen LogP contribution in [0.5, 0.6) is 0 Å². The Morgan fingerprint density at radius 2 is 1.93 bits per heavy atom. The first-order valence-electron chi connectivity index (χ1n) is 6.02. The van der Waals surface area contributed by atoms with Gasteiger partial charge in [-0.15, -0.1) is 0 Å². The first-order chi connectivity index (χ1) is 7.22. The molecule has 0 unspecified atom stereocenters. The van der Waals surface area contributed by atoms with Crippen LogP contribution in [0.3, 0.4) is 0 Å². The van der Waals surface area contributed by atoms with E-state index in [0.29, 0.717) is 6.61 Å². The molecule has 2 nitrogen and oxygen atoms in total. The second-order valence-corrected chi connectivity index (χ2v) is 4.58. The molecular formula is C13H22O2. The van der Waals surface area contributed by atoms with Gasteiger partial charge >= 0.3 is 5.97 Å². The van der Waals surface area contributed by atoms with Gasteiger partial charge in [0.05, 0.1) is 6.61 Å². The highest BCUT2D eigenvalue weighted by atomic mass is 16.5. The van der Waals surface area contributed by atoms with Crippen LogP contribution in [-0.2, 0) is 9.53 Å². The summed E-state index contributed by atoms with van der Waals surface area (Å²) in [7, 11) is 0. The maximum atomic E-state index is 11.1. The first kappa shape index (κ1) is 12.3. The summed E-state index contributed by atoms with van der Waals surface area (Å²) in [4.78, 5) is 11.1. The first-order valence-corrected chi connectivity index (χ1v) is 6.02. The molecule has 0 aromatic heterocycles. The highest BCUT2D eigenvalue weighted by Gasteiger charge is 2.30. The zero-order valence-corrected chi connectivity index (χ0v) is 9.76. The Balaban J connectivity index is 2.49. The van der Waals surface area contributed by atoms with Crippen LogP contribution in [0.2, 0.25) is 0 Å². The molecule has 1 rings (SSSR count). The summed E-state index contributed by atoms with van der Waals surface area (Å²) in [6.07, 6.45) is 9.98. The van der Waals surface area contributed by atoms with E-state index < -0.39 is 0 Å². The number of carbonyl (C=O) groups excluding carboxylic acids is 1. The lowest BCUT2D eigenvalue weighted by Gasteiger charge is -2.30. The SMILES string of the molecule is C=CC(=O)OCC1(CC)CCCCCC1. The fourth-order valence-electron chi connectivity index (χ4n) is 2.36. The van der Waals surface area contributed by atoms with Gasteiger partial charge in [0, 0.05) is 11.5 Å². The zero-order chi connectivity index (χ0) is 11.1. The van der Waals surface area contributed by atoms with Crippen LogP contribution in [0.25, 0.3) is 0 Å². The number of hydrogen-bond acceptors (Lipinski definition) is 2. The van der Waals surface area contributed by atoms with Crippen LogP contribution in [0.15, 0.2) is 12.7 Å². The average molecular weight is 210 g/mol. The average Bonchev–Trinajstić information content (AvgIpc) is 2.52. The summed E-state index contributed by atoms with van der Waals surface area (Å²) in [5.74, 6) is -0.285. The molecule has 0 aromatic carbocycles. The summed E-state index contributed by atoms with van der Waals surface area (Å²) >= 11 is 0. The monoisotopic (exact) mass is 210 g/mol. The van der Waals surface area contributed by atoms with E-state index in [1.165, 1.54) is 44.6 Å². The van der Waals surface area contributed by atoms with E-state index in [-0.39, 0.29) is 11.4 Å². The molecule has 15 heavy (non-hydrogen) atoms. The van der Waals surface area contributed by atoms with Gasteiger partial charge in [-0.25, -0.2) is 4.79 Å². The minimum Gasteiger partial charge on any atom is -0.462 e. The maximum Gasteiger partial charge on any atom is 0.330 e. The van der Waals surface area contributed by atoms with Crippen molar-refractivity contribution in [2.75, 3.05) is 6.61 Å². The number of esters is 1. The minimum absolute atomic E-state index is 0.245. The van der Waals surface area contributed by atoms with Crippen LogP contribution >= 0.6 is 0 Å². The molecule has 0 spiro atoms. The van der Waals surface area contributed by atoms with E-state index in [2.05, 4.69) is 13.5 Å². The molecule has 0 saturated heterocycles. The molecule has 0 aliphatic heterocycles. The molecule has 0 aromatic rings. The third-order valence-electron chi connectivity index (χ3n) is 3.60. The van der Waals surface area contributed by atoms with E-state index in [0.717, 1.165) is 6.42 Å². The predicted molar refractivity (Wildman–Crippen MR) is 61.6 cm³/mol. The van der Waals surface area contributed by atoms with E-state index in [1.54, 1.807) is 0 Å². The fraction of sp³-hybridized carbons (Fsp3) is 0.769. The van der Waals surface area contributed by atoms with Gasteiger partial charge in [0.1, 0.15) is 0 Å². The normalized spacial score (nSPS) is 20.3. The van der Waals surface area contributed by atoms with Crippen molar-refractivity contribution in [2.24, 2.45) is 5.41 Å². The predicted octanol–water partition coefficient (Wildman–Crippen LogP) is 3.47. The Labute approximate surface area is 92.7 Å². The van der Waals surface area contributed by atoms with Crippen LogP contribution in [0, 0.1) is 5.41 Å². The smallest absolute Gasteiger partial charge is 0.330 e. The summed E-state index contributed by atoms with van der Waals surface area (Å²) in [6.45, 7) is 6.20. The van der Waals surface area contributed by atoms with Crippen LogP contribution in [0.1, 0.15) is 51.9 Å². The Bertz CT molecular complexity index is 213. The van der Waals surface area contributed by atoms with Gasteiger partial charge in [-0.2, -0.15) is 0 Å². The van der Waals surface area contributed by atoms with Gasteiger partial charge in [-0.05, 0) is 19.3 Å². The van der Waals surface area contributed by atoms with Gasteiger partial charge in [0.15, 0.2) is 0 Å². The molecule has 2 heteroatoms. The topological polar surface area (TPSA) is 26.3 Å². The van der Waals surface area contributed by atoms with E-state index in [9.17, 15) is 4.79 Å². The number of rotatable bonds is 4. The molecule has 86 valence electrons. The summed E-state index contributed by atoms with van der Waals surface area (Å²) in [6, 6.07) is 0. The Morgan fingerprint density at radius 1 is 1.33 bits per heavy atom. The lowest BCUT2D eigenvalue weighted by atomic mass is 9.79. The van der Waals surface area contributed by atoms with E-state index in [1.807, 2.05) is 0 Å². The fourth-order valence-corrected chi connectivity index (χ4v) is 2.36. The van der Waals surface area contributed by atoms with Crippen molar-refractivity contribution >= 4 is 5.97 Å². The third-order valence-corrected chi connectivity index (χ3v) is 3.60. The highest BCUT2D eigenvalue weighted by molar-refractivity contribution is 5.81. The van der Waals surface area contributed by atoms with Crippen molar-refractivity contribution in [1.82, 2.24) is 0 Å². The largest absolute Gasteiger partial charge is 0.462 e. The Kier molecular flexibility index (Phi) is 4.86. The van der Waals surface area contributed by atoms with Crippen LogP contribution in [-0.4, -0.2) is 12.6 Å². The second kappa shape index (κ2) is 5.94. The minimum atomic E-state index is -0.285. The van der Waals surface area contributed by atoms with Crippen molar-refractivity contribution in [3.05, 3.63) is 12.7 Å². The molecule has 1 aliphatic rings. The number of carbonyl (C=O) groups is 1. The highest BCUT2D eigenvalue weighted by Crippen LogP contribution is 2.38. The summed E-state index contributed by atoms with van der Waals surface area (Å²) in [5.41, 5.74) is 0.245. The second-order valence-electron chi connectivity index (χ2n) is 4.58. The molecule has 1 saturated carbocycles.